The van der Waals surface area contributed by atoms with E-state index in [0.717, 1.165) is 19.3 Å². The Morgan fingerprint density at radius 1 is 1.05 bits per heavy atom. The number of likely N-dealkylation sites (tertiary alicyclic amines) is 1. The van der Waals surface area contributed by atoms with Crippen LogP contribution in [0.1, 0.15) is 39.0 Å². The molecule has 2 saturated heterocycles. The molecule has 4 aliphatic heterocycles. The highest BCUT2D eigenvalue weighted by atomic mass is 16.6. The molecule has 0 aliphatic carbocycles. The van der Waals surface area contributed by atoms with Gasteiger partial charge in [-0.1, -0.05) is 31.2 Å². The predicted octanol–water partition coefficient (Wildman–Crippen LogP) is 2.62. The van der Waals surface area contributed by atoms with Crippen LogP contribution in [0.3, 0.4) is 0 Å². The second kappa shape index (κ2) is 10.5. The summed E-state index contributed by atoms with van der Waals surface area (Å²) in [4.78, 5) is 45.2. The van der Waals surface area contributed by atoms with Gasteiger partial charge in [0, 0.05) is 25.4 Å². The van der Waals surface area contributed by atoms with Gasteiger partial charge in [0.2, 0.25) is 5.91 Å². The normalized spacial score (nSPS) is 33.8. The third-order valence-electron chi connectivity index (χ3n) is 8.32. The number of cyclic esters (lactones) is 1. The Kier molecular flexibility index (Phi) is 7.33. The molecule has 5 rings (SSSR count). The first kappa shape index (κ1) is 26.4. The standard InChI is InChI=1S/C29H36N2O7/c1-3-28-14-6-4-5-7-19-37-27(35)23(28)22-25(33)31(17-9-18-32)24-26(34)30(16-8-15-29(22,24)38-28)20-10-12-21(36-2)13-11-20/h6,8,10-15,22-24,32H,3-5,7,9,16-19H2,1-2H3/b14-6-/t22-,23-,24?,28+,29-/m0/s1. The molecule has 4 aliphatic rings. The van der Waals surface area contributed by atoms with E-state index >= 15 is 0 Å². The Bertz CT molecular complexity index is 1130. The van der Waals surface area contributed by atoms with Crippen molar-refractivity contribution in [2.24, 2.45) is 11.8 Å². The van der Waals surface area contributed by atoms with E-state index < -0.39 is 35.0 Å². The summed E-state index contributed by atoms with van der Waals surface area (Å²) in [6.07, 6.45) is 10.8. The van der Waals surface area contributed by atoms with Gasteiger partial charge in [-0.05, 0) is 56.4 Å². The van der Waals surface area contributed by atoms with Crippen molar-refractivity contribution < 1.29 is 33.7 Å². The Hall–Kier alpha value is -3.17. The molecule has 1 unspecified atom stereocenters. The molecule has 2 fully saturated rings. The average molecular weight is 525 g/mol. The smallest absolute Gasteiger partial charge is 0.313 e. The molecule has 0 aromatic heterocycles. The van der Waals surface area contributed by atoms with E-state index in [9.17, 15) is 19.5 Å². The van der Waals surface area contributed by atoms with Gasteiger partial charge >= 0.3 is 5.97 Å². The lowest BCUT2D eigenvalue weighted by molar-refractivity contribution is -0.160. The number of ether oxygens (including phenoxy) is 3. The summed E-state index contributed by atoms with van der Waals surface area (Å²) in [5, 5.41) is 9.57. The van der Waals surface area contributed by atoms with Crippen LogP contribution in [0.15, 0.2) is 48.6 Å². The van der Waals surface area contributed by atoms with Crippen molar-refractivity contribution >= 4 is 23.5 Å². The van der Waals surface area contributed by atoms with E-state index in [1.54, 1.807) is 36.3 Å². The Labute approximate surface area is 223 Å². The Morgan fingerprint density at radius 3 is 2.55 bits per heavy atom. The molecule has 9 nitrogen and oxygen atoms in total. The van der Waals surface area contributed by atoms with E-state index in [-0.39, 0.29) is 38.1 Å². The first-order valence-corrected chi connectivity index (χ1v) is 13.5. The lowest BCUT2D eigenvalue weighted by atomic mass is 9.73. The van der Waals surface area contributed by atoms with Crippen LogP contribution in [0.4, 0.5) is 5.69 Å². The highest BCUT2D eigenvalue weighted by molar-refractivity contribution is 6.05. The van der Waals surface area contributed by atoms with Crippen LogP contribution in [0.5, 0.6) is 5.75 Å². The maximum absolute atomic E-state index is 14.3. The number of nitrogens with zero attached hydrogens (tertiary/aromatic N) is 2. The molecule has 0 radical (unpaired) electrons. The summed E-state index contributed by atoms with van der Waals surface area (Å²) in [7, 11) is 1.58. The number of esters is 1. The van der Waals surface area contributed by atoms with Gasteiger partial charge < -0.3 is 29.1 Å². The quantitative estimate of drug-likeness (QED) is 0.451. The van der Waals surface area contributed by atoms with Crippen molar-refractivity contribution in [3.05, 3.63) is 48.6 Å². The van der Waals surface area contributed by atoms with Crippen molar-refractivity contribution in [3.63, 3.8) is 0 Å². The second-order valence-electron chi connectivity index (χ2n) is 10.3. The maximum atomic E-state index is 14.3. The molecule has 38 heavy (non-hydrogen) atoms. The van der Waals surface area contributed by atoms with Crippen LogP contribution < -0.4 is 9.64 Å². The SMILES string of the molecule is CC[C@@]12/C=C\CCCCOC(=O)[C@@H]1[C@H]1C(=O)N(CCCO)C3C(=O)N(c4ccc(OC)cc4)CC=C[C@@]31O2. The van der Waals surface area contributed by atoms with Crippen LogP contribution in [-0.2, 0) is 23.9 Å². The number of methoxy groups -OCH3 is 1. The van der Waals surface area contributed by atoms with Gasteiger partial charge in [0.25, 0.3) is 5.91 Å². The Morgan fingerprint density at radius 2 is 1.84 bits per heavy atom. The summed E-state index contributed by atoms with van der Waals surface area (Å²) < 4.78 is 17.9. The van der Waals surface area contributed by atoms with E-state index in [2.05, 4.69) is 0 Å². The fourth-order valence-corrected chi connectivity index (χ4v) is 6.51. The van der Waals surface area contributed by atoms with Gasteiger partial charge in [0.15, 0.2) is 0 Å². The molecule has 204 valence electrons. The van der Waals surface area contributed by atoms with Gasteiger partial charge in [-0.2, -0.15) is 0 Å². The summed E-state index contributed by atoms with van der Waals surface area (Å²) in [6, 6.07) is 6.18. The Balaban J connectivity index is 1.63. The van der Waals surface area contributed by atoms with E-state index in [1.807, 2.05) is 31.2 Å². The number of anilines is 1. The number of allylic oxidation sites excluding steroid dienone is 1. The molecular formula is C29H36N2O7. The van der Waals surface area contributed by atoms with E-state index in [0.29, 0.717) is 24.3 Å². The van der Waals surface area contributed by atoms with Crippen molar-refractivity contribution in [1.82, 2.24) is 4.90 Å². The lowest BCUT2D eigenvalue weighted by Crippen LogP contribution is -2.56. The van der Waals surface area contributed by atoms with Crippen LogP contribution in [-0.4, -0.2) is 78.4 Å². The molecule has 9 heteroatoms. The van der Waals surface area contributed by atoms with Gasteiger partial charge in [-0.25, -0.2) is 0 Å². The minimum Gasteiger partial charge on any atom is -0.497 e. The molecule has 1 N–H and O–H groups in total. The minimum absolute atomic E-state index is 0.131. The number of aliphatic hydroxyl groups excluding tert-OH is 1. The maximum Gasteiger partial charge on any atom is 0.313 e. The van der Waals surface area contributed by atoms with Crippen molar-refractivity contribution in [3.8, 4) is 5.75 Å². The third-order valence-corrected chi connectivity index (χ3v) is 8.32. The highest BCUT2D eigenvalue weighted by Gasteiger charge is 2.75. The third kappa shape index (κ3) is 4.12. The van der Waals surface area contributed by atoms with Gasteiger partial charge in [0.1, 0.15) is 28.9 Å². The fourth-order valence-electron chi connectivity index (χ4n) is 6.51. The molecular weight excluding hydrogens is 488 g/mol. The molecule has 0 saturated carbocycles. The first-order valence-electron chi connectivity index (χ1n) is 13.5. The van der Waals surface area contributed by atoms with Crippen LogP contribution in [0.2, 0.25) is 0 Å². The predicted molar refractivity (Wildman–Crippen MR) is 139 cm³/mol. The van der Waals surface area contributed by atoms with Crippen molar-refractivity contribution in [1.29, 1.82) is 0 Å². The number of amides is 2. The van der Waals surface area contributed by atoms with E-state index in [4.69, 9.17) is 14.2 Å². The number of hydrogen-bond donors (Lipinski definition) is 1. The van der Waals surface area contributed by atoms with Gasteiger partial charge in [-0.3, -0.25) is 14.4 Å². The van der Waals surface area contributed by atoms with Gasteiger partial charge in [0.05, 0.1) is 19.6 Å². The van der Waals surface area contributed by atoms with Crippen LogP contribution >= 0.6 is 0 Å². The molecule has 1 aromatic rings. The molecule has 1 aromatic carbocycles. The monoisotopic (exact) mass is 524 g/mol. The average Bonchev–Trinajstić information content (AvgIpc) is 3.28. The number of rotatable bonds is 6. The van der Waals surface area contributed by atoms with Crippen molar-refractivity contribution in [2.45, 2.75) is 56.3 Å². The molecule has 5 atom stereocenters. The zero-order chi connectivity index (χ0) is 26.9. The zero-order valence-electron chi connectivity index (χ0n) is 22.0. The summed E-state index contributed by atoms with van der Waals surface area (Å²) >= 11 is 0. The van der Waals surface area contributed by atoms with Crippen LogP contribution in [0, 0.1) is 11.8 Å². The second-order valence-corrected chi connectivity index (χ2v) is 10.3. The number of carbonyl (C=O) groups is 3. The largest absolute Gasteiger partial charge is 0.497 e. The number of hydrogen-bond acceptors (Lipinski definition) is 7. The fraction of sp³-hybridized carbons (Fsp3) is 0.552. The van der Waals surface area contributed by atoms with E-state index in [1.165, 1.54) is 4.90 Å². The number of fused-ring (bicyclic) bond motifs is 2. The molecule has 4 heterocycles. The molecule has 1 spiro atoms. The first-order chi connectivity index (χ1) is 18.4. The highest BCUT2D eigenvalue weighted by Crippen LogP contribution is 2.58. The van der Waals surface area contributed by atoms with Crippen molar-refractivity contribution in [2.75, 3.05) is 38.3 Å². The van der Waals surface area contributed by atoms with Gasteiger partial charge in [-0.15, -0.1) is 0 Å². The topological polar surface area (TPSA) is 106 Å². The molecule has 0 bridgehead atoms. The lowest BCUT2D eigenvalue weighted by Gasteiger charge is -2.38. The number of benzene rings is 1. The molecule has 2 amide bonds. The summed E-state index contributed by atoms with van der Waals surface area (Å²) in [6.45, 7) is 2.55. The number of carbonyl (C=O) groups excluding carboxylic acids is 3. The van der Waals surface area contributed by atoms with Crippen LogP contribution in [0.25, 0.3) is 0 Å². The minimum atomic E-state index is -1.34. The zero-order valence-corrected chi connectivity index (χ0v) is 22.0. The summed E-state index contributed by atoms with van der Waals surface area (Å²) in [5.74, 6) is -2.21. The number of aliphatic hydroxyl groups is 1. The summed E-state index contributed by atoms with van der Waals surface area (Å²) in [5.41, 5.74) is -1.75.